The molecule has 5 nitrogen and oxygen atoms in total. The Labute approximate surface area is 219 Å². The molecule has 0 radical (unpaired) electrons. The van der Waals surface area contributed by atoms with Crippen LogP contribution in [-0.2, 0) is 20.5 Å². The molecule has 1 saturated heterocycles. The first-order valence-corrected chi connectivity index (χ1v) is 14.5. The van der Waals surface area contributed by atoms with E-state index in [9.17, 15) is 10.2 Å². The van der Waals surface area contributed by atoms with Gasteiger partial charge in [-0.25, -0.2) is 0 Å². The molecule has 0 amide bonds. The molecule has 0 saturated carbocycles. The van der Waals surface area contributed by atoms with Crippen LogP contribution in [0, 0.1) is 0 Å². The van der Waals surface area contributed by atoms with Gasteiger partial charge in [-0.05, 0) is 40.0 Å². The van der Waals surface area contributed by atoms with Crippen LogP contribution in [0.4, 0.5) is 0 Å². The quantitative estimate of drug-likeness (QED) is 0.429. The summed E-state index contributed by atoms with van der Waals surface area (Å²) >= 11 is 6.00. The summed E-state index contributed by atoms with van der Waals surface area (Å²) in [5.41, 5.74) is 0.907. The van der Waals surface area contributed by atoms with Gasteiger partial charge in [-0.3, -0.25) is 0 Å². The Bertz CT molecular complexity index is 1080. The van der Waals surface area contributed by atoms with Gasteiger partial charge in [0.1, 0.15) is 18.3 Å². The predicted octanol–water partition coefficient (Wildman–Crippen LogP) is 4.27. The fourth-order valence-corrected chi connectivity index (χ4v) is 9.72. The third kappa shape index (κ3) is 5.45. The van der Waals surface area contributed by atoms with Gasteiger partial charge in [0.25, 0.3) is 8.32 Å². The van der Waals surface area contributed by atoms with Gasteiger partial charge in [0, 0.05) is 5.02 Å². The van der Waals surface area contributed by atoms with Crippen LogP contribution in [0.15, 0.2) is 84.9 Å². The Kier molecular flexibility index (Phi) is 8.07. The molecule has 1 fully saturated rings. The lowest BCUT2D eigenvalue weighted by Crippen LogP contribution is -2.67. The summed E-state index contributed by atoms with van der Waals surface area (Å²) in [5, 5.41) is 24.3. The van der Waals surface area contributed by atoms with Crippen molar-refractivity contribution in [3.05, 3.63) is 95.5 Å². The van der Waals surface area contributed by atoms with E-state index in [1.165, 1.54) is 6.92 Å². The van der Waals surface area contributed by atoms with Crippen molar-refractivity contribution in [2.75, 3.05) is 6.61 Å². The number of hydrogen-bond acceptors (Lipinski definition) is 5. The van der Waals surface area contributed by atoms with Crippen molar-refractivity contribution in [2.45, 2.75) is 63.4 Å². The zero-order valence-corrected chi connectivity index (χ0v) is 23.0. The van der Waals surface area contributed by atoms with Crippen molar-refractivity contribution in [3.63, 3.8) is 0 Å². The Hall–Kier alpha value is -2.03. The van der Waals surface area contributed by atoms with Crippen LogP contribution in [0.1, 0.15) is 33.3 Å². The van der Waals surface area contributed by atoms with E-state index in [1.807, 2.05) is 48.5 Å². The molecule has 4 rings (SSSR count). The van der Waals surface area contributed by atoms with Crippen LogP contribution in [0.5, 0.6) is 0 Å². The molecule has 0 spiro atoms. The van der Waals surface area contributed by atoms with E-state index >= 15 is 0 Å². The number of ether oxygens (including phenoxy) is 2. The van der Waals surface area contributed by atoms with E-state index in [1.54, 1.807) is 12.1 Å². The highest BCUT2D eigenvalue weighted by Crippen LogP contribution is 2.38. The smallest absolute Gasteiger partial charge is 0.261 e. The molecule has 0 aromatic heterocycles. The van der Waals surface area contributed by atoms with E-state index in [2.05, 4.69) is 45.0 Å². The maximum Gasteiger partial charge on any atom is 0.261 e. The number of benzene rings is 3. The second kappa shape index (κ2) is 10.8. The summed E-state index contributed by atoms with van der Waals surface area (Å²) in [6.45, 7) is 8.47. The molecule has 1 aliphatic rings. The average Bonchev–Trinajstić information content (AvgIpc) is 3.07. The van der Waals surface area contributed by atoms with E-state index in [0.29, 0.717) is 5.02 Å². The van der Waals surface area contributed by atoms with Gasteiger partial charge in [0.15, 0.2) is 5.79 Å². The lowest BCUT2D eigenvalue weighted by atomic mass is 10.1. The van der Waals surface area contributed by atoms with Gasteiger partial charge in [0.2, 0.25) is 0 Å². The Morgan fingerprint density at radius 2 is 1.44 bits per heavy atom. The predicted molar refractivity (Wildman–Crippen MR) is 145 cm³/mol. The zero-order chi connectivity index (χ0) is 26.0. The van der Waals surface area contributed by atoms with Gasteiger partial charge in [-0.2, -0.15) is 0 Å². The number of aliphatic hydroxyl groups is 2. The first kappa shape index (κ1) is 27.0. The Morgan fingerprint density at radius 1 is 0.917 bits per heavy atom. The topological polar surface area (TPSA) is 68.2 Å². The highest BCUT2D eigenvalue weighted by molar-refractivity contribution is 6.99. The second-order valence-corrected chi connectivity index (χ2v) is 15.3. The van der Waals surface area contributed by atoms with Gasteiger partial charge < -0.3 is 24.1 Å². The molecule has 192 valence electrons. The van der Waals surface area contributed by atoms with Gasteiger partial charge in [-0.1, -0.05) is 105 Å². The van der Waals surface area contributed by atoms with Crippen molar-refractivity contribution in [1.29, 1.82) is 0 Å². The fraction of sp³-hybridized carbons (Fsp3) is 0.379. The monoisotopic (exact) mass is 526 g/mol. The molecule has 0 unspecified atom stereocenters. The molecule has 1 heterocycles. The SMILES string of the molecule is CC(C)(C)[Si](OC[C@H]1O[C@](C)(O)[C@H](O)[C@@H]1OCc1ccc(Cl)cc1)(c1ccccc1)c1ccccc1. The summed E-state index contributed by atoms with van der Waals surface area (Å²) in [5.74, 6) is -1.75. The van der Waals surface area contributed by atoms with Crippen molar-refractivity contribution in [3.8, 4) is 0 Å². The van der Waals surface area contributed by atoms with E-state index in [-0.39, 0.29) is 18.3 Å². The first-order valence-electron chi connectivity index (χ1n) is 12.2. The molecule has 3 aromatic rings. The lowest BCUT2D eigenvalue weighted by molar-refractivity contribution is -0.217. The van der Waals surface area contributed by atoms with Crippen molar-refractivity contribution in [1.82, 2.24) is 0 Å². The maximum absolute atomic E-state index is 10.9. The molecule has 36 heavy (non-hydrogen) atoms. The minimum absolute atomic E-state index is 0.159. The third-order valence-corrected chi connectivity index (χ3v) is 12.1. The molecule has 0 bridgehead atoms. The molecule has 3 aromatic carbocycles. The summed E-state index contributed by atoms with van der Waals surface area (Å²) in [6.07, 6.45) is -2.66. The van der Waals surface area contributed by atoms with Crippen molar-refractivity contribution in [2.24, 2.45) is 0 Å². The molecule has 7 heteroatoms. The molecule has 0 aliphatic carbocycles. The summed E-state index contributed by atoms with van der Waals surface area (Å²) in [6, 6.07) is 28.0. The van der Waals surface area contributed by atoms with Crippen molar-refractivity contribution >= 4 is 30.3 Å². The molecule has 4 atom stereocenters. The minimum Gasteiger partial charge on any atom is -0.405 e. The Morgan fingerprint density at radius 3 is 1.94 bits per heavy atom. The number of rotatable bonds is 8. The highest BCUT2D eigenvalue weighted by atomic mass is 35.5. The van der Waals surface area contributed by atoms with Gasteiger partial charge >= 0.3 is 0 Å². The maximum atomic E-state index is 10.9. The molecular formula is C29H35ClO5Si. The van der Waals surface area contributed by atoms with Crippen LogP contribution >= 0.6 is 11.6 Å². The van der Waals surface area contributed by atoms with Crippen LogP contribution < -0.4 is 10.4 Å². The summed E-state index contributed by atoms with van der Waals surface area (Å²) in [7, 11) is -2.82. The van der Waals surface area contributed by atoms with E-state index in [0.717, 1.165) is 15.9 Å². The standard InChI is InChI=1S/C29H35ClO5Si/c1-28(2,3)36(23-11-7-5-8-12-23,24-13-9-6-10-14-24)34-20-25-26(27(31)29(4,32)35-25)33-19-21-15-17-22(30)18-16-21/h5-18,25-27,31-32H,19-20H2,1-4H3/t25-,26-,27-,29+/m1/s1. The minimum atomic E-state index is -2.82. The van der Waals surface area contributed by atoms with Crippen LogP contribution in [0.3, 0.4) is 0 Å². The van der Waals surface area contributed by atoms with Gasteiger partial charge in [0.05, 0.1) is 13.2 Å². The first-order chi connectivity index (χ1) is 17.0. The third-order valence-electron chi connectivity index (χ3n) is 6.85. The molecule has 2 N–H and O–H groups in total. The largest absolute Gasteiger partial charge is 0.405 e. The van der Waals surface area contributed by atoms with Gasteiger partial charge in [-0.15, -0.1) is 0 Å². The zero-order valence-electron chi connectivity index (χ0n) is 21.2. The normalized spacial score (nSPS) is 24.7. The van der Waals surface area contributed by atoms with Crippen LogP contribution in [0.25, 0.3) is 0 Å². The van der Waals surface area contributed by atoms with E-state index < -0.39 is 32.4 Å². The molecular weight excluding hydrogens is 492 g/mol. The lowest BCUT2D eigenvalue weighted by Gasteiger charge is -2.43. The van der Waals surface area contributed by atoms with Crippen LogP contribution in [-0.4, -0.2) is 49.2 Å². The fourth-order valence-electron chi connectivity index (χ4n) is 5.02. The highest BCUT2D eigenvalue weighted by Gasteiger charge is 2.55. The van der Waals surface area contributed by atoms with Crippen LogP contribution in [0.2, 0.25) is 10.1 Å². The number of hydrogen-bond donors (Lipinski definition) is 2. The summed E-state index contributed by atoms with van der Waals surface area (Å²) in [4.78, 5) is 0. The Balaban J connectivity index is 1.64. The summed E-state index contributed by atoms with van der Waals surface area (Å²) < 4.78 is 19.0. The second-order valence-electron chi connectivity index (χ2n) is 10.5. The van der Waals surface area contributed by atoms with E-state index in [4.69, 9.17) is 25.5 Å². The van der Waals surface area contributed by atoms with Crippen molar-refractivity contribution < 1.29 is 24.1 Å². The average molecular weight is 527 g/mol. The number of aliphatic hydroxyl groups excluding tert-OH is 1. The number of halogens is 1. The molecule has 1 aliphatic heterocycles.